The standard InChI is InChI=1S/C15H18N2O/c1-15(2,3)14(18)10-5-6-11-9-17-13(16-4)8-12(11)7-10/h5-9H,1-4H3,(H,16,17). The minimum Gasteiger partial charge on any atom is -0.373 e. The Kier molecular flexibility index (Phi) is 3.07. The molecule has 0 aliphatic rings. The van der Waals surface area contributed by atoms with Crippen molar-refractivity contribution in [2.24, 2.45) is 5.41 Å². The first kappa shape index (κ1) is 12.6. The molecule has 2 aromatic rings. The van der Waals surface area contributed by atoms with Gasteiger partial charge in [-0.15, -0.1) is 0 Å². The fraction of sp³-hybridized carbons (Fsp3) is 0.333. The van der Waals surface area contributed by atoms with Crippen LogP contribution < -0.4 is 5.32 Å². The summed E-state index contributed by atoms with van der Waals surface area (Å²) in [5.41, 5.74) is 0.398. The van der Waals surface area contributed by atoms with Gasteiger partial charge < -0.3 is 5.32 Å². The summed E-state index contributed by atoms with van der Waals surface area (Å²) in [6.45, 7) is 5.81. The Balaban J connectivity index is 2.52. The molecular weight excluding hydrogens is 224 g/mol. The van der Waals surface area contributed by atoms with Crippen molar-refractivity contribution < 1.29 is 4.79 Å². The molecule has 0 amide bonds. The molecule has 0 fully saturated rings. The van der Waals surface area contributed by atoms with Gasteiger partial charge in [-0.05, 0) is 17.5 Å². The van der Waals surface area contributed by atoms with E-state index in [9.17, 15) is 4.79 Å². The maximum atomic E-state index is 12.2. The van der Waals surface area contributed by atoms with E-state index in [1.165, 1.54) is 0 Å². The highest BCUT2D eigenvalue weighted by Gasteiger charge is 2.22. The van der Waals surface area contributed by atoms with Crippen molar-refractivity contribution in [1.29, 1.82) is 0 Å². The Bertz CT molecular complexity index is 597. The Morgan fingerprint density at radius 1 is 1.17 bits per heavy atom. The molecule has 0 unspecified atom stereocenters. The first-order valence-corrected chi connectivity index (χ1v) is 6.04. The molecule has 3 nitrogen and oxygen atoms in total. The molecule has 2 rings (SSSR count). The maximum absolute atomic E-state index is 12.2. The van der Waals surface area contributed by atoms with E-state index in [0.717, 1.165) is 22.2 Å². The molecule has 1 aromatic carbocycles. The fourth-order valence-electron chi connectivity index (χ4n) is 1.85. The van der Waals surface area contributed by atoms with Gasteiger partial charge in [-0.25, -0.2) is 4.98 Å². The van der Waals surface area contributed by atoms with Crippen molar-refractivity contribution in [2.75, 3.05) is 12.4 Å². The van der Waals surface area contributed by atoms with E-state index in [-0.39, 0.29) is 11.2 Å². The molecule has 0 bridgehead atoms. The van der Waals surface area contributed by atoms with E-state index in [0.29, 0.717) is 0 Å². The zero-order valence-corrected chi connectivity index (χ0v) is 11.2. The molecule has 1 heterocycles. The van der Waals surface area contributed by atoms with Crippen molar-refractivity contribution in [3.05, 3.63) is 36.0 Å². The maximum Gasteiger partial charge on any atom is 0.168 e. The van der Waals surface area contributed by atoms with Crippen LogP contribution in [0.2, 0.25) is 0 Å². The van der Waals surface area contributed by atoms with Gasteiger partial charge in [0.2, 0.25) is 0 Å². The Morgan fingerprint density at radius 2 is 1.89 bits per heavy atom. The van der Waals surface area contributed by atoms with Crippen LogP contribution >= 0.6 is 0 Å². The van der Waals surface area contributed by atoms with Crippen molar-refractivity contribution in [3.8, 4) is 0 Å². The van der Waals surface area contributed by atoms with Crippen LogP contribution in [-0.4, -0.2) is 17.8 Å². The molecule has 0 aliphatic carbocycles. The first-order valence-electron chi connectivity index (χ1n) is 6.04. The molecule has 0 atom stereocenters. The summed E-state index contributed by atoms with van der Waals surface area (Å²) < 4.78 is 0. The van der Waals surface area contributed by atoms with Crippen LogP contribution in [0.5, 0.6) is 0 Å². The van der Waals surface area contributed by atoms with Gasteiger partial charge >= 0.3 is 0 Å². The normalized spacial score (nSPS) is 11.6. The van der Waals surface area contributed by atoms with E-state index < -0.39 is 0 Å². The Morgan fingerprint density at radius 3 is 2.50 bits per heavy atom. The number of aromatic nitrogens is 1. The summed E-state index contributed by atoms with van der Waals surface area (Å²) in [6, 6.07) is 7.71. The molecule has 0 saturated heterocycles. The summed E-state index contributed by atoms with van der Waals surface area (Å²) in [4.78, 5) is 16.5. The van der Waals surface area contributed by atoms with E-state index in [4.69, 9.17) is 0 Å². The van der Waals surface area contributed by atoms with Crippen molar-refractivity contribution in [2.45, 2.75) is 20.8 Å². The number of pyridine rings is 1. The number of carbonyl (C=O) groups excluding carboxylic acids is 1. The molecule has 3 heteroatoms. The molecule has 1 N–H and O–H groups in total. The third-order valence-electron chi connectivity index (χ3n) is 2.92. The smallest absolute Gasteiger partial charge is 0.168 e. The lowest BCUT2D eigenvalue weighted by atomic mass is 9.86. The zero-order valence-electron chi connectivity index (χ0n) is 11.2. The fourth-order valence-corrected chi connectivity index (χ4v) is 1.85. The summed E-state index contributed by atoms with van der Waals surface area (Å²) in [5.74, 6) is 0.968. The molecule has 0 aliphatic heterocycles. The number of Topliss-reactive ketones (excluding diaryl/α,β-unsaturated/α-hetero) is 1. The van der Waals surface area contributed by atoms with Crippen molar-refractivity contribution >= 4 is 22.4 Å². The number of fused-ring (bicyclic) bond motifs is 1. The van der Waals surface area contributed by atoms with Gasteiger partial charge in [-0.2, -0.15) is 0 Å². The Labute approximate surface area is 107 Å². The van der Waals surface area contributed by atoms with E-state index >= 15 is 0 Å². The highest BCUT2D eigenvalue weighted by atomic mass is 16.1. The second kappa shape index (κ2) is 4.41. The molecular formula is C15H18N2O. The summed E-state index contributed by atoms with van der Waals surface area (Å²) in [5, 5.41) is 5.08. The van der Waals surface area contributed by atoms with Crippen molar-refractivity contribution in [3.63, 3.8) is 0 Å². The van der Waals surface area contributed by atoms with Crippen LogP contribution in [0.1, 0.15) is 31.1 Å². The van der Waals surface area contributed by atoms with E-state index in [1.807, 2.05) is 58.3 Å². The number of anilines is 1. The van der Waals surface area contributed by atoms with Gasteiger partial charge in [-0.1, -0.05) is 32.9 Å². The molecule has 0 spiro atoms. The SMILES string of the molecule is CNc1cc2cc(C(=O)C(C)(C)C)ccc2cn1. The van der Waals surface area contributed by atoms with Gasteiger partial charge in [0.15, 0.2) is 5.78 Å². The van der Waals surface area contributed by atoms with Gasteiger partial charge in [0, 0.05) is 29.6 Å². The molecule has 0 radical (unpaired) electrons. The number of carbonyl (C=O) groups is 1. The lowest BCUT2D eigenvalue weighted by Gasteiger charge is -2.16. The van der Waals surface area contributed by atoms with Gasteiger partial charge in [0.25, 0.3) is 0 Å². The molecule has 94 valence electrons. The summed E-state index contributed by atoms with van der Waals surface area (Å²) in [7, 11) is 1.83. The Hall–Kier alpha value is -1.90. The quantitative estimate of drug-likeness (QED) is 0.819. The second-order valence-corrected chi connectivity index (χ2v) is 5.46. The first-order chi connectivity index (χ1) is 8.41. The average molecular weight is 242 g/mol. The van der Waals surface area contributed by atoms with Crippen LogP contribution in [0, 0.1) is 5.41 Å². The highest BCUT2D eigenvalue weighted by molar-refractivity contribution is 6.02. The number of nitrogens with one attached hydrogen (secondary N) is 1. The summed E-state index contributed by atoms with van der Waals surface area (Å²) in [6.07, 6.45) is 1.81. The molecule has 1 aromatic heterocycles. The van der Waals surface area contributed by atoms with E-state index in [2.05, 4.69) is 10.3 Å². The van der Waals surface area contributed by atoms with Gasteiger partial charge in [0.05, 0.1) is 0 Å². The second-order valence-electron chi connectivity index (χ2n) is 5.46. The third kappa shape index (κ3) is 2.35. The number of nitrogens with zero attached hydrogens (tertiary/aromatic N) is 1. The largest absolute Gasteiger partial charge is 0.373 e. The number of rotatable bonds is 2. The van der Waals surface area contributed by atoms with Crippen molar-refractivity contribution in [1.82, 2.24) is 4.98 Å². The van der Waals surface area contributed by atoms with Gasteiger partial charge in [-0.3, -0.25) is 4.79 Å². The van der Waals surface area contributed by atoms with Crippen LogP contribution in [0.4, 0.5) is 5.82 Å². The predicted octanol–water partition coefficient (Wildman–Crippen LogP) is 3.51. The van der Waals surface area contributed by atoms with Crippen LogP contribution in [-0.2, 0) is 0 Å². The monoisotopic (exact) mass is 242 g/mol. The topological polar surface area (TPSA) is 42.0 Å². The molecule has 18 heavy (non-hydrogen) atoms. The minimum absolute atomic E-state index is 0.159. The minimum atomic E-state index is -0.355. The number of ketones is 1. The van der Waals surface area contributed by atoms with Gasteiger partial charge in [0.1, 0.15) is 5.82 Å². The van der Waals surface area contributed by atoms with Crippen LogP contribution in [0.15, 0.2) is 30.5 Å². The third-order valence-corrected chi connectivity index (χ3v) is 2.92. The van der Waals surface area contributed by atoms with Crippen LogP contribution in [0.3, 0.4) is 0 Å². The number of hydrogen-bond acceptors (Lipinski definition) is 3. The average Bonchev–Trinajstić information content (AvgIpc) is 2.35. The lowest BCUT2D eigenvalue weighted by Crippen LogP contribution is -2.20. The number of hydrogen-bond donors (Lipinski definition) is 1. The predicted molar refractivity (Wildman–Crippen MR) is 75.1 cm³/mol. The zero-order chi connectivity index (χ0) is 13.3. The lowest BCUT2D eigenvalue weighted by molar-refractivity contribution is 0.0858. The number of benzene rings is 1. The summed E-state index contributed by atoms with van der Waals surface area (Å²) >= 11 is 0. The highest BCUT2D eigenvalue weighted by Crippen LogP contribution is 2.24. The van der Waals surface area contributed by atoms with Crippen LogP contribution in [0.25, 0.3) is 10.8 Å². The molecule has 0 saturated carbocycles. The van der Waals surface area contributed by atoms with E-state index in [1.54, 1.807) is 0 Å².